The standard InChI is InChI=1S/C25H38N6O/c1-2-26-25(27-12-8-9-21-19-28-23-11-5-4-10-22(21)23)31-17-15-29(16-18-31)20-24(32)30-13-6-3-7-14-30/h4-5,10-11,19,28H,2-3,6-9,12-18,20H2,1H3,(H,26,27). The third-order valence-corrected chi connectivity index (χ3v) is 6.62. The number of guanidine groups is 1. The smallest absolute Gasteiger partial charge is 0.236 e. The molecule has 0 atom stereocenters. The Balaban J connectivity index is 1.23. The van der Waals surface area contributed by atoms with Crippen molar-refractivity contribution in [2.45, 2.75) is 39.0 Å². The van der Waals surface area contributed by atoms with Crippen molar-refractivity contribution >= 4 is 22.8 Å². The predicted octanol–water partition coefficient (Wildman–Crippen LogP) is 2.70. The number of piperidine rings is 1. The van der Waals surface area contributed by atoms with Crippen molar-refractivity contribution in [3.05, 3.63) is 36.0 Å². The van der Waals surface area contributed by atoms with Crippen LogP contribution in [0.4, 0.5) is 0 Å². The van der Waals surface area contributed by atoms with Gasteiger partial charge in [0.2, 0.25) is 5.91 Å². The minimum absolute atomic E-state index is 0.302. The van der Waals surface area contributed by atoms with E-state index < -0.39 is 0 Å². The third kappa shape index (κ3) is 5.82. The monoisotopic (exact) mass is 438 g/mol. The highest BCUT2D eigenvalue weighted by molar-refractivity contribution is 5.83. The molecule has 0 spiro atoms. The van der Waals surface area contributed by atoms with E-state index in [1.807, 2.05) is 0 Å². The van der Waals surface area contributed by atoms with Gasteiger partial charge in [-0.15, -0.1) is 0 Å². The fourth-order valence-corrected chi connectivity index (χ4v) is 4.77. The van der Waals surface area contributed by atoms with Gasteiger partial charge in [0, 0.05) is 69.5 Å². The third-order valence-electron chi connectivity index (χ3n) is 6.62. The van der Waals surface area contributed by atoms with E-state index in [2.05, 4.69) is 62.4 Å². The molecular formula is C25H38N6O. The normalized spacial score (nSPS) is 18.3. The van der Waals surface area contributed by atoms with Crippen molar-refractivity contribution in [3.8, 4) is 0 Å². The van der Waals surface area contributed by atoms with E-state index in [-0.39, 0.29) is 0 Å². The highest BCUT2D eigenvalue weighted by Gasteiger charge is 2.24. The van der Waals surface area contributed by atoms with Crippen molar-refractivity contribution in [1.29, 1.82) is 0 Å². The summed E-state index contributed by atoms with van der Waals surface area (Å²) in [5.41, 5.74) is 2.57. The maximum atomic E-state index is 12.6. The summed E-state index contributed by atoms with van der Waals surface area (Å²) >= 11 is 0. The molecule has 2 aromatic rings. The van der Waals surface area contributed by atoms with Crippen LogP contribution in [0.2, 0.25) is 0 Å². The fourth-order valence-electron chi connectivity index (χ4n) is 4.77. The molecule has 2 fully saturated rings. The second-order valence-corrected chi connectivity index (χ2v) is 8.90. The number of H-pyrrole nitrogens is 1. The summed E-state index contributed by atoms with van der Waals surface area (Å²) in [4.78, 5) is 27.5. The van der Waals surface area contributed by atoms with Crippen molar-refractivity contribution < 1.29 is 4.79 Å². The van der Waals surface area contributed by atoms with Gasteiger partial charge >= 0.3 is 0 Å². The number of para-hydroxylation sites is 1. The number of fused-ring (bicyclic) bond motifs is 1. The van der Waals surface area contributed by atoms with Gasteiger partial charge in [0.15, 0.2) is 5.96 Å². The topological polar surface area (TPSA) is 67.0 Å². The van der Waals surface area contributed by atoms with Crippen LogP contribution in [-0.2, 0) is 11.2 Å². The minimum Gasteiger partial charge on any atom is -0.361 e. The quantitative estimate of drug-likeness (QED) is 0.396. The first-order valence-corrected chi connectivity index (χ1v) is 12.3. The Morgan fingerprint density at radius 2 is 1.81 bits per heavy atom. The van der Waals surface area contributed by atoms with Gasteiger partial charge in [-0.3, -0.25) is 14.7 Å². The Morgan fingerprint density at radius 3 is 2.59 bits per heavy atom. The van der Waals surface area contributed by atoms with E-state index in [9.17, 15) is 4.79 Å². The van der Waals surface area contributed by atoms with Gasteiger partial charge in [-0.25, -0.2) is 0 Å². The number of hydrogen-bond acceptors (Lipinski definition) is 3. The largest absolute Gasteiger partial charge is 0.361 e. The van der Waals surface area contributed by atoms with Crippen LogP contribution in [-0.4, -0.2) is 90.5 Å². The average molecular weight is 439 g/mol. The first-order chi connectivity index (χ1) is 15.7. The molecule has 2 saturated heterocycles. The van der Waals surface area contributed by atoms with E-state index in [0.717, 1.165) is 84.0 Å². The second-order valence-electron chi connectivity index (χ2n) is 8.90. The molecule has 2 aliphatic heterocycles. The van der Waals surface area contributed by atoms with Crippen molar-refractivity contribution in [2.75, 3.05) is 58.9 Å². The van der Waals surface area contributed by atoms with Crippen LogP contribution in [0.1, 0.15) is 38.2 Å². The molecule has 7 heteroatoms. The molecule has 32 heavy (non-hydrogen) atoms. The Bertz CT molecular complexity index is 893. The molecule has 7 nitrogen and oxygen atoms in total. The molecule has 4 rings (SSSR count). The van der Waals surface area contributed by atoms with Crippen LogP contribution in [0, 0.1) is 0 Å². The first-order valence-electron chi connectivity index (χ1n) is 12.3. The summed E-state index contributed by atoms with van der Waals surface area (Å²) in [7, 11) is 0. The van der Waals surface area contributed by atoms with Gasteiger partial charge in [-0.1, -0.05) is 18.2 Å². The maximum absolute atomic E-state index is 12.6. The lowest BCUT2D eigenvalue weighted by molar-refractivity contribution is -0.133. The molecule has 0 saturated carbocycles. The lowest BCUT2D eigenvalue weighted by Crippen LogP contribution is -2.54. The fraction of sp³-hybridized carbons (Fsp3) is 0.600. The zero-order chi connectivity index (χ0) is 22.2. The Kier molecular flexibility index (Phi) is 8.04. The van der Waals surface area contributed by atoms with E-state index in [0.29, 0.717) is 12.5 Å². The van der Waals surface area contributed by atoms with Gasteiger partial charge in [-0.2, -0.15) is 0 Å². The summed E-state index contributed by atoms with van der Waals surface area (Å²) in [6, 6.07) is 8.48. The number of aromatic amines is 1. The molecule has 1 aromatic heterocycles. The number of carbonyl (C=O) groups excluding carboxylic acids is 1. The van der Waals surface area contributed by atoms with Crippen LogP contribution in [0.5, 0.6) is 0 Å². The molecule has 174 valence electrons. The average Bonchev–Trinajstić information content (AvgIpc) is 3.25. The van der Waals surface area contributed by atoms with E-state index >= 15 is 0 Å². The van der Waals surface area contributed by atoms with Crippen molar-refractivity contribution in [2.24, 2.45) is 4.99 Å². The van der Waals surface area contributed by atoms with Gasteiger partial charge in [0.05, 0.1) is 6.54 Å². The Morgan fingerprint density at radius 1 is 1.03 bits per heavy atom. The van der Waals surface area contributed by atoms with Crippen LogP contribution in [0.25, 0.3) is 10.9 Å². The molecule has 0 unspecified atom stereocenters. The maximum Gasteiger partial charge on any atom is 0.236 e. The van der Waals surface area contributed by atoms with Gasteiger partial charge in [0.1, 0.15) is 0 Å². The van der Waals surface area contributed by atoms with Crippen LogP contribution in [0.15, 0.2) is 35.5 Å². The molecule has 2 N–H and O–H groups in total. The first kappa shape index (κ1) is 22.6. The predicted molar refractivity (Wildman–Crippen MR) is 131 cm³/mol. The Labute approximate surface area is 191 Å². The number of benzene rings is 1. The molecule has 0 bridgehead atoms. The number of piperazine rings is 1. The molecule has 3 heterocycles. The summed E-state index contributed by atoms with van der Waals surface area (Å²) in [5.74, 6) is 1.31. The second kappa shape index (κ2) is 11.4. The number of hydrogen-bond donors (Lipinski definition) is 2. The summed E-state index contributed by atoms with van der Waals surface area (Å²) in [6.45, 7) is 9.91. The minimum atomic E-state index is 0.302. The number of rotatable bonds is 7. The molecule has 0 radical (unpaired) electrons. The number of aromatic nitrogens is 1. The van der Waals surface area contributed by atoms with Gasteiger partial charge in [-0.05, 0) is 50.7 Å². The molecule has 1 amide bonds. The lowest BCUT2D eigenvalue weighted by atomic mass is 10.1. The van der Waals surface area contributed by atoms with Crippen LogP contribution < -0.4 is 5.32 Å². The summed E-state index contributed by atoms with van der Waals surface area (Å²) < 4.78 is 0. The van der Waals surface area contributed by atoms with Crippen molar-refractivity contribution in [1.82, 2.24) is 25.0 Å². The molecule has 2 aliphatic rings. The zero-order valence-corrected chi connectivity index (χ0v) is 19.5. The Hall–Kier alpha value is -2.54. The zero-order valence-electron chi connectivity index (χ0n) is 19.5. The number of amides is 1. The highest BCUT2D eigenvalue weighted by atomic mass is 16.2. The summed E-state index contributed by atoms with van der Waals surface area (Å²) in [5, 5.41) is 4.78. The lowest BCUT2D eigenvalue weighted by Gasteiger charge is -2.37. The van der Waals surface area contributed by atoms with E-state index in [4.69, 9.17) is 4.99 Å². The highest BCUT2D eigenvalue weighted by Crippen LogP contribution is 2.19. The van der Waals surface area contributed by atoms with E-state index in [1.165, 1.54) is 22.9 Å². The number of aliphatic imine (C=N–C) groups is 1. The van der Waals surface area contributed by atoms with Crippen molar-refractivity contribution in [3.63, 3.8) is 0 Å². The molecule has 1 aromatic carbocycles. The SMILES string of the molecule is CCNC(=NCCCc1c[nH]c2ccccc12)N1CCN(CC(=O)N2CCCCC2)CC1. The number of nitrogens with one attached hydrogen (secondary N) is 2. The van der Waals surface area contributed by atoms with Crippen LogP contribution >= 0.6 is 0 Å². The number of likely N-dealkylation sites (tertiary alicyclic amines) is 1. The summed E-state index contributed by atoms with van der Waals surface area (Å²) in [6.07, 6.45) is 7.76. The number of carbonyl (C=O) groups is 1. The number of nitrogens with zero attached hydrogens (tertiary/aromatic N) is 4. The molecule has 0 aliphatic carbocycles. The van der Waals surface area contributed by atoms with Gasteiger partial charge < -0.3 is 20.1 Å². The molecular weight excluding hydrogens is 400 g/mol. The number of aryl methyl sites for hydroxylation is 1. The van der Waals surface area contributed by atoms with E-state index in [1.54, 1.807) is 0 Å². The van der Waals surface area contributed by atoms with Crippen LogP contribution in [0.3, 0.4) is 0 Å². The van der Waals surface area contributed by atoms with Gasteiger partial charge in [0.25, 0.3) is 0 Å².